The summed E-state index contributed by atoms with van der Waals surface area (Å²) in [5.41, 5.74) is 5.39. The van der Waals surface area contributed by atoms with E-state index in [-0.39, 0.29) is 21.6 Å². The van der Waals surface area contributed by atoms with Gasteiger partial charge in [-0.25, -0.2) is 12.8 Å². The van der Waals surface area contributed by atoms with Crippen molar-refractivity contribution in [2.45, 2.75) is 4.90 Å². The minimum absolute atomic E-state index is 0.00238. The summed E-state index contributed by atoms with van der Waals surface area (Å²) in [6, 6.07) is 5.69. The fourth-order valence-corrected chi connectivity index (χ4v) is 2.47. The van der Waals surface area contributed by atoms with Crippen molar-refractivity contribution in [3.63, 3.8) is 0 Å². The molecule has 0 saturated carbocycles. The molecule has 0 fully saturated rings. The normalized spacial score (nSPS) is 11.3. The van der Waals surface area contributed by atoms with Crippen LogP contribution in [-0.4, -0.2) is 18.6 Å². The van der Waals surface area contributed by atoms with E-state index in [0.29, 0.717) is 0 Å². The molecule has 0 aliphatic carbocycles. The van der Waals surface area contributed by atoms with Gasteiger partial charge in [0.1, 0.15) is 5.82 Å². The van der Waals surface area contributed by atoms with Crippen molar-refractivity contribution in [1.82, 2.24) is 10.2 Å². The van der Waals surface area contributed by atoms with Gasteiger partial charge in [-0.1, -0.05) is 11.6 Å². The fraction of sp³-hybridized carbons (Fsp3) is 0. The molecular weight excluding hydrogens is 295 g/mol. The molecule has 3 N–H and O–H groups in total. The molecule has 0 spiro atoms. The van der Waals surface area contributed by atoms with Crippen molar-refractivity contribution in [3.05, 3.63) is 41.3 Å². The number of halogens is 2. The molecule has 2 aromatic rings. The van der Waals surface area contributed by atoms with Gasteiger partial charge in [0.15, 0.2) is 11.0 Å². The highest BCUT2D eigenvalue weighted by Gasteiger charge is 2.16. The summed E-state index contributed by atoms with van der Waals surface area (Å²) in [5, 5.41) is 7.14. The van der Waals surface area contributed by atoms with Crippen LogP contribution in [0.15, 0.2) is 35.2 Å². The van der Waals surface area contributed by atoms with Crippen LogP contribution in [0.3, 0.4) is 0 Å². The zero-order valence-electron chi connectivity index (χ0n) is 9.34. The molecule has 100 valence electrons. The van der Waals surface area contributed by atoms with E-state index >= 15 is 0 Å². The van der Waals surface area contributed by atoms with Gasteiger partial charge >= 0.3 is 0 Å². The van der Waals surface area contributed by atoms with E-state index in [1.165, 1.54) is 12.1 Å². The van der Waals surface area contributed by atoms with E-state index < -0.39 is 15.8 Å². The maximum atomic E-state index is 13.1. The average molecular weight is 303 g/mol. The van der Waals surface area contributed by atoms with Crippen LogP contribution in [-0.2, 0) is 10.0 Å². The number of rotatable bonds is 3. The Hall–Kier alpha value is -1.93. The number of sulfonamides is 1. The minimum Gasteiger partial charge on any atom is -0.399 e. The maximum Gasteiger partial charge on any atom is 0.263 e. The van der Waals surface area contributed by atoms with E-state index in [4.69, 9.17) is 17.3 Å². The first kappa shape index (κ1) is 13.5. The molecule has 0 atom stereocenters. The van der Waals surface area contributed by atoms with Crippen molar-refractivity contribution >= 4 is 33.1 Å². The molecular formula is C10H8ClFN4O2S. The van der Waals surface area contributed by atoms with Crippen LogP contribution >= 0.6 is 11.6 Å². The predicted octanol–water partition coefficient (Wildman–Crippen LogP) is 1.65. The third-order valence-electron chi connectivity index (χ3n) is 2.07. The number of nitrogen functional groups attached to an aromatic ring is 1. The third-order valence-corrected chi connectivity index (χ3v) is 3.61. The lowest BCUT2D eigenvalue weighted by Gasteiger charge is -2.07. The standard InChI is InChI=1S/C10H8ClFN4O2S/c11-9-1-2-10(15-14-9)16-19(17,18)8-4-6(12)3-7(13)5-8/h1-5H,13H2,(H,15,16). The molecule has 0 unspecified atom stereocenters. The second-order valence-electron chi connectivity index (χ2n) is 3.57. The first-order valence-corrected chi connectivity index (χ1v) is 6.81. The fourth-order valence-electron chi connectivity index (χ4n) is 1.31. The van der Waals surface area contributed by atoms with Crippen molar-refractivity contribution < 1.29 is 12.8 Å². The van der Waals surface area contributed by atoms with Crippen LogP contribution < -0.4 is 10.5 Å². The molecule has 0 radical (unpaired) electrons. The summed E-state index contributed by atoms with van der Waals surface area (Å²) >= 11 is 5.52. The van der Waals surface area contributed by atoms with Crippen LogP contribution in [0.1, 0.15) is 0 Å². The van der Waals surface area contributed by atoms with Crippen LogP contribution in [0.25, 0.3) is 0 Å². The average Bonchev–Trinajstić information content (AvgIpc) is 2.31. The molecule has 1 heterocycles. The first-order chi connectivity index (χ1) is 8.87. The Morgan fingerprint density at radius 3 is 2.53 bits per heavy atom. The molecule has 1 aromatic carbocycles. The van der Waals surface area contributed by atoms with E-state index in [2.05, 4.69) is 14.9 Å². The van der Waals surface area contributed by atoms with Crippen LogP contribution in [0.2, 0.25) is 5.15 Å². The quantitative estimate of drug-likeness (QED) is 0.840. The number of anilines is 2. The van der Waals surface area contributed by atoms with Gasteiger partial charge in [0.05, 0.1) is 4.90 Å². The highest BCUT2D eigenvalue weighted by atomic mass is 35.5. The highest BCUT2D eigenvalue weighted by molar-refractivity contribution is 7.92. The Bertz CT molecular complexity index is 686. The zero-order valence-corrected chi connectivity index (χ0v) is 10.9. The lowest BCUT2D eigenvalue weighted by Crippen LogP contribution is -2.14. The number of nitrogens with zero attached hydrogens (tertiary/aromatic N) is 2. The molecule has 0 amide bonds. The Balaban J connectivity index is 2.34. The number of aromatic nitrogens is 2. The van der Waals surface area contributed by atoms with Gasteiger partial charge < -0.3 is 5.73 Å². The lowest BCUT2D eigenvalue weighted by atomic mass is 10.3. The summed E-state index contributed by atoms with van der Waals surface area (Å²) in [6.07, 6.45) is 0. The molecule has 0 aliphatic rings. The van der Waals surface area contributed by atoms with Crippen LogP contribution in [0.4, 0.5) is 15.9 Å². The smallest absolute Gasteiger partial charge is 0.263 e. The van der Waals surface area contributed by atoms with Gasteiger partial charge in [-0.3, -0.25) is 4.72 Å². The molecule has 9 heteroatoms. The van der Waals surface area contributed by atoms with E-state index in [1.807, 2.05) is 0 Å². The SMILES string of the molecule is Nc1cc(F)cc(S(=O)(=O)Nc2ccc(Cl)nn2)c1. The van der Waals surface area contributed by atoms with Gasteiger partial charge in [-0.2, -0.15) is 0 Å². The van der Waals surface area contributed by atoms with Crippen molar-refractivity contribution in [3.8, 4) is 0 Å². The highest BCUT2D eigenvalue weighted by Crippen LogP contribution is 2.18. The lowest BCUT2D eigenvalue weighted by molar-refractivity contribution is 0.595. The van der Waals surface area contributed by atoms with Gasteiger partial charge in [-0.15, -0.1) is 10.2 Å². The van der Waals surface area contributed by atoms with E-state index in [0.717, 1.165) is 18.2 Å². The predicted molar refractivity (Wildman–Crippen MR) is 68.7 cm³/mol. The minimum atomic E-state index is -3.99. The number of hydrogen-bond donors (Lipinski definition) is 2. The Kier molecular flexibility index (Phi) is 3.54. The topological polar surface area (TPSA) is 98.0 Å². The number of hydrogen-bond acceptors (Lipinski definition) is 5. The van der Waals surface area contributed by atoms with Gasteiger partial charge in [0.25, 0.3) is 10.0 Å². The molecule has 6 nitrogen and oxygen atoms in total. The summed E-state index contributed by atoms with van der Waals surface area (Å²) in [6.45, 7) is 0. The molecule has 19 heavy (non-hydrogen) atoms. The zero-order chi connectivity index (χ0) is 14.0. The Morgan fingerprint density at radius 1 is 1.21 bits per heavy atom. The van der Waals surface area contributed by atoms with Crippen LogP contribution in [0.5, 0.6) is 0 Å². The largest absolute Gasteiger partial charge is 0.399 e. The van der Waals surface area contributed by atoms with Gasteiger partial charge in [0, 0.05) is 5.69 Å². The van der Waals surface area contributed by atoms with Gasteiger partial charge in [0.2, 0.25) is 0 Å². The monoisotopic (exact) mass is 302 g/mol. The number of nitrogens with one attached hydrogen (secondary N) is 1. The van der Waals surface area contributed by atoms with Crippen LogP contribution in [0, 0.1) is 5.82 Å². The summed E-state index contributed by atoms with van der Waals surface area (Å²) < 4.78 is 39.2. The summed E-state index contributed by atoms with van der Waals surface area (Å²) in [7, 11) is -3.99. The van der Waals surface area contributed by atoms with Crippen molar-refractivity contribution in [2.24, 2.45) is 0 Å². The molecule has 2 rings (SSSR count). The second-order valence-corrected chi connectivity index (χ2v) is 5.64. The summed E-state index contributed by atoms with van der Waals surface area (Å²) in [4.78, 5) is -0.304. The molecule has 0 saturated heterocycles. The molecule has 1 aromatic heterocycles. The molecule has 0 bridgehead atoms. The first-order valence-electron chi connectivity index (χ1n) is 4.95. The van der Waals surface area contributed by atoms with Crippen molar-refractivity contribution in [2.75, 3.05) is 10.5 Å². The second kappa shape index (κ2) is 4.98. The Morgan fingerprint density at radius 2 is 1.95 bits per heavy atom. The summed E-state index contributed by atoms with van der Waals surface area (Å²) in [5.74, 6) is -0.783. The van der Waals surface area contributed by atoms with E-state index in [1.54, 1.807) is 0 Å². The third kappa shape index (κ3) is 3.30. The maximum absolute atomic E-state index is 13.1. The Labute approximate surface area is 113 Å². The van der Waals surface area contributed by atoms with Gasteiger partial charge in [-0.05, 0) is 30.3 Å². The molecule has 0 aliphatic heterocycles. The number of nitrogens with two attached hydrogens (primary N) is 1. The van der Waals surface area contributed by atoms with E-state index in [9.17, 15) is 12.8 Å². The van der Waals surface area contributed by atoms with Crippen molar-refractivity contribution in [1.29, 1.82) is 0 Å². The number of benzene rings is 1.